The van der Waals surface area contributed by atoms with Gasteiger partial charge in [-0.3, -0.25) is 28.9 Å². The normalized spacial score (nSPS) is 13.5. The number of nitrogens with one attached hydrogen (secondary N) is 3. The van der Waals surface area contributed by atoms with E-state index in [9.17, 15) is 46.3 Å². The summed E-state index contributed by atoms with van der Waals surface area (Å²) in [6.45, 7) is 15.1. The molecule has 8 heterocycles. The van der Waals surface area contributed by atoms with Crippen molar-refractivity contribution in [2.75, 3.05) is 85.5 Å². The van der Waals surface area contributed by atoms with Crippen LogP contribution in [0.3, 0.4) is 0 Å². The van der Waals surface area contributed by atoms with E-state index in [1.807, 2.05) is 89.3 Å². The number of H-pyrrole nitrogens is 1. The number of carbonyl (C=O) groups excluding carboxylic acids is 4. The Kier molecular flexibility index (Phi) is 35.2. The number of fused-ring (bicyclic) bond motifs is 5. The van der Waals surface area contributed by atoms with Gasteiger partial charge < -0.3 is 61.5 Å². The van der Waals surface area contributed by atoms with Gasteiger partial charge in [-0.1, -0.05) is 23.4 Å². The van der Waals surface area contributed by atoms with Crippen molar-refractivity contribution >= 4 is 119 Å². The third-order valence-electron chi connectivity index (χ3n) is 18.7. The number of aliphatic carboxylic acids is 1. The number of carboxylic acids is 3. The molecule has 17 rings (SSSR count). The fourth-order valence-corrected chi connectivity index (χ4v) is 13.7. The number of thiazole rings is 1. The second kappa shape index (κ2) is 43.8. The molecule has 2 fully saturated rings. The van der Waals surface area contributed by atoms with E-state index in [4.69, 9.17) is 20.1 Å². The first-order valence-electron chi connectivity index (χ1n) is 35.5. The number of rotatable bonds is 10. The first-order chi connectivity index (χ1) is 52.8. The van der Waals surface area contributed by atoms with Crippen LogP contribution >= 0.6 is 27.3 Å². The average molecular weight is 1640 g/mol. The number of halogens is 5. The number of carboxylic acid groups (broad SMARTS) is 3. The molecule has 6 aliphatic heterocycles. The topological polar surface area (TPSA) is 311 Å². The van der Waals surface area contributed by atoms with E-state index < -0.39 is 17.9 Å². The molecule has 0 unspecified atom stereocenters. The van der Waals surface area contributed by atoms with Crippen LogP contribution in [0.1, 0.15) is 119 Å². The Morgan fingerprint density at radius 1 is 0.482 bits per heavy atom. The predicted molar refractivity (Wildman–Crippen MR) is 437 cm³/mol. The number of hydrogen-bond acceptors (Lipinski definition) is 16. The summed E-state index contributed by atoms with van der Waals surface area (Å²) < 4.78 is 51.8. The van der Waals surface area contributed by atoms with Gasteiger partial charge in [0.25, 0.3) is 11.9 Å². The predicted octanol–water partition coefficient (Wildman–Crippen LogP) is 13.6. The van der Waals surface area contributed by atoms with Gasteiger partial charge in [-0.05, 0) is 263 Å². The maximum atomic E-state index is 13.0. The SMILES string of the molecule is C.CC(=O)O.CC(=O)c1ccc2[nH]ccc2c1.CC(=O)c1ccc2c(c1)CCN2.CC(=O)c1ccc2c(c1)CCN2c1ccc(F)cc1.Fc1ccc(Br)cc1.O.O=C(O)c1ccc2c(c1)CCN2c1ccc(F)cc1.O=C(O)c1ccc2c(c1)CCN2c1ccc(F)cc1.O=C(c1nccs1)N1CCN(C2CNC2)CC1.[Li+].[OH-]. The number of aromatic nitrogens is 2. The molecule has 0 bridgehead atoms. The molecule has 9 N–H and O–H groups in total. The molecule has 2 aromatic heterocycles. The number of carbonyl (C=O) groups is 7. The first-order valence-corrected chi connectivity index (χ1v) is 37.2. The number of ketones is 3. The summed E-state index contributed by atoms with van der Waals surface area (Å²) in [5.74, 6) is -3.18. The molecule has 9 aromatic carbocycles. The summed E-state index contributed by atoms with van der Waals surface area (Å²) in [5.41, 5.74) is 15.6. The summed E-state index contributed by atoms with van der Waals surface area (Å²) in [6.07, 6.45) is 7.11. The summed E-state index contributed by atoms with van der Waals surface area (Å²) in [7, 11) is 0. The Balaban J connectivity index is 0.000000207. The molecule has 0 spiro atoms. The van der Waals surface area contributed by atoms with Crippen molar-refractivity contribution in [3.63, 3.8) is 0 Å². The summed E-state index contributed by atoms with van der Waals surface area (Å²) in [6, 6.07) is 55.5. The first kappa shape index (κ1) is 91.8. The van der Waals surface area contributed by atoms with Crippen molar-refractivity contribution in [2.45, 2.75) is 66.8 Å². The number of anilines is 7. The number of aromatic carboxylic acids is 2. The molecule has 0 atom stereocenters. The van der Waals surface area contributed by atoms with Crippen LogP contribution < -0.4 is 44.2 Å². The van der Waals surface area contributed by atoms with Crippen LogP contribution in [-0.2, 0) is 30.5 Å². The van der Waals surface area contributed by atoms with Gasteiger partial charge in [0.2, 0.25) is 0 Å². The van der Waals surface area contributed by atoms with E-state index in [-0.39, 0.29) is 83.8 Å². The minimum absolute atomic E-state index is 0. The van der Waals surface area contributed by atoms with Gasteiger partial charge in [-0.25, -0.2) is 32.1 Å². The number of benzene rings is 9. The number of amides is 1. The molecular weight excluding hydrogens is 1550 g/mol. The van der Waals surface area contributed by atoms with Gasteiger partial charge in [0.05, 0.1) is 11.1 Å². The zero-order valence-electron chi connectivity index (χ0n) is 62.8. The monoisotopic (exact) mass is 1630 g/mol. The van der Waals surface area contributed by atoms with Crippen LogP contribution in [0, 0.1) is 23.3 Å². The molecule has 6 aliphatic rings. The smallest absolute Gasteiger partial charge is 0.870 e. The molecule has 0 saturated carbocycles. The third kappa shape index (κ3) is 25.2. The van der Waals surface area contributed by atoms with Crippen LogP contribution in [0.4, 0.5) is 57.4 Å². The van der Waals surface area contributed by atoms with Crippen molar-refractivity contribution in [2.24, 2.45) is 0 Å². The summed E-state index contributed by atoms with van der Waals surface area (Å²) in [5, 5.41) is 35.5. The number of nitrogens with zero attached hydrogens (tertiary/aromatic N) is 6. The zero-order valence-corrected chi connectivity index (χ0v) is 65.2. The summed E-state index contributed by atoms with van der Waals surface area (Å²) >= 11 is 4.60. The molecule has 114 heavy (non-hydrogen) atoms. The van der Waals surface area contributed by atoms with Gasteiger partial charge in [0, 0.05) is 168 Å². The Bertz CT molecular complexity index is 4760. The van der Waals surface area contributed by atoms with E-state index in [1.54, 1.807) is 99.8 Å². The zero-order chi connectivity index (χ0) is 78.5. The van der Waals surface area contributed by atoms with E-state index in [0.29, 0.717) is 22.2 Å². The molecule has 0 radical (unpaired) electrons. The molecule has 28 heteroatoms. The Morgan fingerprint density at radius 2 is 0.868 bits per heavy atom. The Labute approximate surface area is 683 Å². The van der Waals surface area contributed by atoms with Crippen LogP contribution in [-0.4, -0.2) is 159 Å². The van der Waals surface area contributed by atoms with Gasteiger partial charge in [0.15, 0.2) is 22.4 Å². The quantitative estimate of drug-likeness (QED) is 0.0421. The van der Waals surface area contributed by atoms with E-state index in [0.717, 1.165) is 175 Å². The molecule has 21 nitrogen and oxygen atoms in total. The van der Waals surface area contributed by atoms with Crippen LogP contribution in [0.15, 0.2) is 216 Å². The van der Waals surface area contributed by atoms with E-state index in [1.165, 1.54) is 76.7 Å². The van der Waals surface area contributed by atoms with E-state index in [2.05, 4.69) is 56.1 Å². The molecule has 592 valence electrons. The minimum Gasteiger partial charge on any atom is -0.870 e. The molecular formula is C86H89BrF4LiN9O12S. The third-order valence-corrected chi connectivity index (χ3v) is 20.0. The average Bonchev–Trinajstić information content (AvgIpc) is 1.65. The van der Waals surface area contributed by atoms with Gasteiger partial charge >= 0.3 is 30.8 Å². The van der Waals surface area contributed by atoms with Gasteiger partial charge in [0.1, 0.15) is 23.3 Å². The van der Waals surface area contributed by atoms with Gasteiger partial charge in [-0.15, -0.1) is 11.3 Å². The Morgan fingerprint density at radius 3 is 1.25 bits per heavy atom. The van der Waals surface area contributed by atoms with Crippen molar-refractivity contribution in [3.8, 4) is 0 Å². The van der Waals surface area contributed by atoms with Crippen molar-refractivity contribution in [1.82, 2.24) is 25.1 Å². The van der Waals surface area contributed by atoms with Crippen LogP contribution in [0.25, 0.3) is 10.9 Å². The largest absolute Gasteiger partial charge is 1.00 e. The second-order valence-corrected chi connectivity index (χ2v) is 28.0. The summed E-state index contributed by atoms with van der Waals surface area (Å²) in [4.78, 5) is 94.2. The fourth-order valence-electron chi connectivity index (χ4n) is 12.9. The standard InChI is InChI=1S/C16H14FNO.2C15H12FNO2.C11H16N4OS.C10H11NO.C10H9NO.C6H4BrF.C2H4O2.CH4.Li.2H2O/c1-11(19)12-2-7-16-13(10-12)8-9-18(16)15-5-3-14(17)4-6-15;2*16-12-2-4-13(5-3-12)17-8-7-10-9-11(15(18)19)1-6-14(10)17;16-11(10-13-1-6-17-10)15-4-2-14(3-5-15)9-7-12-8-9;2*1-7(12)8-2-3-10-9(6-8)4-5-11-10;7-5-1-3-6(8)4-2-5;1-2(3)4;;;;/h2-7,10H,8-9H2,1H3;2*1-6,9H,7-8H2,(H,18,19);1,6,9,12H,2-5,7-8H2;2-3,6,11H,4-5H2,1H3;2-6,11H,1H3;1-4H;1H3,(H,3,4);1H4;;2*1H2/q;;;;;;;;;+1;;/p-1. The molecule has 2 saturated heterocycles. The number of aromatic amines is 1. The molecule has 11 aromatic rings. The fraction of sp³-hybridized carbons (Fsp3) is 0.233. The molecule has 0 aliphatic carbocycles. The number of hydrogen-bond donors (Lipinski definition) is 6. The van der Waals surface area contributed by atoms with Crippen LogP contribution in [0.2, 0.25) is 0 Å². The number of Topliss-reactive ketones (excluding diaryl/α,β-unsaturated/α-hetero) is 3. The van der Waals surface area contributed by atoms with Crippen molar-refractivity contribution in [1.29, 1.82) is 0 Å². The molecule has 1 amide bonds. The number of piperazine rings is 1. The van der Waals surface area contributed by atoms with Gasteiger partial charge in [-0.2, -0.15) is 0 Å². The van der Waals surface area contributed by atoms with Crippen molar-refractivity contribution < 1.29 is 96.3 Å². The maximum absolute atomic E-state index is 13.0. The van der Waals surface area contributed by atoms with Crippen LogP contribution in [0.5, 0.6) is 0 Å². The van der Waals surface area contributed by atoms with Crippen molar-refractivity contribution in [3.05, 3.63) is 295 Å². The maximum Gasteiger partial charge on any atom is 1.00 e. The Hall–Kier alpha value is -11.1. The second-order valence-electron chi connectivity index (χ2n) is 26.2. The van der Waals surface area contributed by atoms with E-state index >= 15 is 0 Å². The minimum atomic E-state index is -0.914.